The van der Waals surface area contributed by atoms with E-state index in [1.54, 1.807) is 19.1 Å². The molecule has 0 saturated heterocycles. The molecule has 0 amide bonds. The Morgan fingerprint density at radius 3 is 2.42 bits per heavy atom. The van der Waals surface area contributed by atoms with Gasteiger partial charge in [0.05, 0.1) is 17.1 Å². The quantitative estimate of drug-likeness (QED) is 0.830. The summed E-state index contributed by atoms with van der Waals surface area (Å²) in [5, 5.41) is 9.11. The lowest BCUT2D eigenvalue weighted by atomic mass is 10.2. The van der Waals surface area contributed by atoms with Crippen molar-refractivity contribution >= 4 is 10.0 Å². The summed E-state index contributed by atoms with van der Waals surface area (Å²) in [6.07, 6.45) is -0.686. The first-order chi connectivity index (χ1) is 8.72. The number of hydrogen-bond acceptors (Lipinski definition) is 4. The van der Waals surface area contributed by atoms with Crippen molar-refractivity contribution in [2.75, 3.05) is 6.54 Å². The smallest absolute Gasteiger partial charge is 0.240 e. The molecule has 19 heavy (non-hydrogen) atoms. The summed E-state index contributed by atoms with van der Waals surface area (Å²) in [6, 6.07) is 4.70. The Labute approximate surface area is 114 Å². The van der Waals surface area contributed by atoms with Gasteiger partial charge in [0.25, 0.3) is 0 Å². The fourth-order valence-electron chi connectivity index (χ4n) is 1.49. The lowest BCUT2D eigenvalue weighted by molar-refractivity contribution is 0.198. The van der Waals surface area contributed by atoms with Crippen LogP contribution in [0.5, 0.6) is 5.75 Å². The van der Waals surface area contributed by atoms with Crippen LogP contribution in [0.15, 0.2) is 23.1 Å². The standard InChI is InChI=1S/C13H21NO4S/c1-9(2)18-13-6-5-12(7-10(13)3)19(16,17)14-8-11(4)15/h5-7,9,11,14-15H,8H2,1-4H3. The maximum Gasteiger partial charge on any atom is 0.240 e. The molecule has 0 spiro atoms. The van der Waals surface area contributed by atoms with E-state index in [0.29, 0.717) is 5.75 Å². The summed E-state index contributed by atoms with van der Waals surface area (Å²) < 4.78 is 31.8. The van der Waals surface area contributed by atoms with Gasteiger partial charge in [-0.05, 0) is 51.5 Å². The minimum atomic E-state index is -3.59. The van der Waals surface area contributed by atoms with E-state index in [4.69, 9.17) is 9.84 Å². The highest BCUT2D eigenvalue weighted by Gasteiger charge is 2.16. The normalized spacial score (nSPS) is 13.6. The van der Waals surface area contributed by atoms with Crippen molar-refractivity contribution in [1.29, 1.82) is 0 Å². The van der Waals surface area contributed by atoms with Gasteiger partial charge < -0.3 is 9.84 Å². The molecule has 0 radical (unpaired) electrons. The van der Waals surface area contributed by atoms with Gasteiger partial charge in [-0.25, -0.2) is 13.1 Å². The largest absolute Gasteiger partial charge is 0.491 e. The Morgan fingerprint density at radius 2 is 1.95 bits per heavy atom. The highest BCUT2D eigenvalue weighted by Crippen LogP contribution is 2.22. The predicted molar refractivity (Wildman–Crippen MR) is 73.8 cm³/mol. The monoisotopic (exact) mass is 287 g/mol. The number of sulfonamides is 1. The molecule has 0 heterocycles. The molecule has 1 aromatic rings. The molecule has 0 bridgehead atoms. The van der Waals surface area contributed by atoms with Gasteiger partial charge >= 0.3 is 0 Å². The zero-order valence-corrected chi connectivity index (χ0v) is 12.5. The van der Waals surface area contributed by atoms with Crippen LogP contribution in [0.1, 0.15) is 26.3 Å². The topological polar surface area (TPSA) is 75.6 Å². The van der Waals surface area contributed by atoms with Crippen molar-refractivity contribution in [3.63, 3.8) is 0 Å². The van der Waals surface area contributed by atoms with E-state index in [0.717, 1.165) is 5.56 Å². The molecule has 2 N–H and O–H groups in total. The van der Waals surface area contributed by atoms with Gasteiger partial charge in [0.2, 0.25) is 10.0 Å². The molecule has 0 aliphatic heterocycles. The number of aryl methyl sites for hydroxylation is 1. The Bertz CT molecular complexity index is 523. The molecule has 0 fully saturated rings. The minimum absolute atomic E-state index is 0.00831. The molecular weight excluding hydrogens is 266 g/mol. The summed E-state index contributed by atoms with van der Waals surface area (Å²) >= 11 is 0. The van der Waals surface area contributed by atoms with Crippen molar-refractivity contribution < 1.29 is 18.3 Å². The first-order valence-corrected chi connectivity index (χ1v) is 7.65. The maximum atomic E-state index is 12.0. The molecule has 0 aromatic heterocycles. The summed E-state index contributed by atoms with van der Waals surface area (Å²) in [4.78, 5) is 0.168. The van der Waals surface area contributed by atoms with Gasteiger partial charge in [0.1, 0.15) is 5.75 Å². The van der Waals surface area contributed by atoms with E-state index in [2.05, 4.69) is 4.72 Å². The number of benzene rings is 1. The van der Waals surface area contributed by atoms with Crippen molar-refractivity contribution in [2.45, 2.75) is 44.8 Å². The van der Waals surface area contributed by atoms with E-state index < -0.39 is 16.1 Å². The number of rotatable bonds is 6. The summed E-state index contributed by atoms with van der Waals surface area (Å²) in [5.41, 5.74) is 0.758. The van der Waals surface area contributed by atoms with Crippen molar-refractivity contribution in [3.05, 3.63) is 23.8 Å². The summed E-state index contributed by atoms with van der Waals surface area (Å²) in [7, 11) is -3.59. The van der Waals surface area contributed by atoms with Crippen LogP contribution in [0, 0.1) is 6.92 Å². The highest BCUT2D eigenvalue weighted by molar-refractivity contribution is 7.89. The van der Waals surface area contributed by atoms with Gasteiger partial charge in [0.15, 0.2) is 0 Å². The Kier molecular flexibility index (Phi) is 5.34. The second kappa shape index (κ2) is 6.36. The van der Waals surface area contributed by atoms with Gasteiger partial charge in [0, 0.05) is 6.54 Å². The molecule has 6 heteroatoms. The summed E-state index contributed by atoms with van der Waals surface area (Å²) in [6.45, 7) is 7.13. The number of aliphatic hydroxyl groups is 1. The number of aliphatic hydroxyl groups excluding tert-OH is 1. The molecule has 1 unspecified atom stereocenters. The SMILES string of the molecule is Cc1cc(S(=O)(=O)NCC(C)O)ccc1OC(C)C. The molecule has 0 aliphatic carbocycles. The van der Waals surface area contributed by atoms with Gasteiger partial charge in [-0.3, -0.25) is 0 Å². The zero-order valence-electron chi connectivity index (χ0n) is 11.7. The lowest BCUT2D eigenvalue weighted by Crippen LogP contribution is -2.30. The Balaban J connectivity index is 2.94. The van der Waals surface area contributed by atoms with Crippen LogP contribution in [0.4, 0.5) is 0 Å². The number of ether oxygens (including phenoxy) is 1. The average Bonchev–Trinajstić information content (AvgIpc) is 2.28. The van der Waals surface area contributed by atoms with E-state index in [1.165, 1.54) is 13.0 Å². The van der Waals surface area contributed by atoms with Crippen LogP contribution in [0.2, 0.25) is 0 Å². The first-order valence-electron chi connectivity index (χ1n) is 6.17. The third kappa shape index (κ3) is 4.81. The minimum Gasteiger partial charge on any atom is -0.491 e. The van der Waals surface area contributed by atoms with Gasteiger partial charge in [-0.15, -0.1) is 0 Å². The van der Waals surface area contributed by atoms with Crippen LogP contribution >= 0.6 is 0 Å². The van der Waals surface area contributed by atoms with Crippen LogP contribution in [-0.4, -0.2) is 32.3 Å². The molecular formula is C13H21NO4S. The predicted octanol–water partition coefficient (Wildman–Crippen LogP) is 1.44. The molecule has 0 saturated carbocycles. The molecule has 1 rings (SSSR count). The van der Waals surface area contributed by atoms with E-state index in [-0.39, 0.29) is 17.5 Å². The molecule has 1 atom stereocenters. The molecule has 0 aliphatic rings. The molecule has 1 aromatic carbocycles. The Hall–Kier alpha value is -1.11. The van der Waals surface area contributed by atoms with Gasteiger partial charge in [-0.1, -0.05) is 0 Å². The highest BCUT2D eigenvalue weighted by atomic mass is 32.2. The number of nitrogens with one attached hydrogen (secondary N) is 1. The van der Waals surface area contributed by atoms with Crippen molar-refractivity contribution in [1.82, 2.24) is 4.72 Å². The van der Waals surface area contributed by atoms with Crippen LogP contribution in [-0.2, 0) is 10.0 Å². The second-order valence-electron chi connectivity index (χ2n) is 4.79. The fourth-order valence-corrected chi connectivity index (χ4v) is 2.70. The van der Waals surface area contributed by atoms with Crippen LogP contribution in [0.3, 0.4) is 0 Å². The van der Waals surface area contributed by atoms with Crippen molar-refractivity contribution in [3.8, 4) is 5.75 Å². The first kappa shape index (κ1) is 15.9. The maximum absolute atomic E-state index is 12.0. The second-order valence-corrected chi connectivity index (χ2v) is 6.56. The third-order valence-corrected chi connectivity index (χ3v) is 3.81. The molecule has 5 nitrogen and oxygen atoms in total. The van der Waals surface area contributed by atoms with Crippen LogP contribution in [0.25, 0.3) is 0 Å². The van der Waals surface area contributed by atoms with Crippen LogP contribution < -0.4 is 9.46 Å². The van der Waals surface area contributed by atoms with E-state index in [1.807, 2.05) is 13.8 Å². The average molecular weight is 287 g/mol. The van der Waals surface area contributed by atoms with E-state index in [9.17, 15) is 8.42 Å². The number of hydrogen-bond donors (Lipinski definition) is 2. The van der Waals surface area contributed by atoms with Gasteiger partial charge in [-0.2, -0.15) is 0 Å². The lowest BCUT2D eigenvalue weighted by Gasteiger charge is -2.14. The fraction of sp³-hybridized carbons (Fsp3) is 0.538. The third-order valence-electron chi connectivity index (χ3n) is 2.39. The molecule has 108 valence electrons. The van der Waals surface area contributed by atoms with Crippen molar-refractivity contribution in [2.24, 2.45) is 0 Å². The van der Waals surface area contributed by atoms with E-state index >= 15 is 0 Å². The summed E-state index contributed by atoms with van der Waals surface area (Å²) in [5.74, 6) is 0.671. The Morgan fingerprint density at radius 1 is 1.32 bits per heavy atom. The zero-order chi connectivity index (χ0) is 14.6.